The topological polar surface area (TPSA) is 29.1 Å². The summed E-state index contributed by atoms with van der Waals surface area (Å²) in [7, 11) is -0.623. The Morgan fingerprint density at radius 3 is 2.50 bits per heavy atom. The van der Waals surface area contributed by atoms with Gasteiger partial charge in [-0.3, -0.25) is 4.21 Å². The fraction of sp³-hybridized carbons (Fsp3) is 1.00. The highest BCUT2D eigenvalue weighted by molar-refractivity contribution is 7.85. The fourth-order valence-corrected chi connectivity index (χ4v) is 6.08. The molecule has 0 aromatic rings. The van der Waals surface area contributed by atoms with E-state index in [1.54, 1.807) is 0 Å². The number of hydrogen-bond donors (Lipinski definition) is 1. The zero-order valence-electron chi connectivity index (χ0n) is 13.4. The monoisotopic (exact) mass is 299 g/mol. The Morgan fingerprint density at radius 1 is 1.10 bits per heavy atom. The van der Waals surface area contributed by atoms with Crippen molar-refractivity contribution in [3.8, 4) is 0 Å². The van der Waals surface area contributed by atoms with Crippen LogP contribution in [0.3, 0.4) is 0 Å². The third-order valence-corrected chi connectivity index (χ3v) is 7.15. The van der Waals surface area contributed by atoms with Crippen molar-refractivity contribution in [1.82, 2.24) is 5.32 Å². The van der Waals surface area contributed by atoms with Gasteiger partial charge in [-0.1, -0.05) is 46.0 Å². The van der Waals surface area contributed by atoms with E-state index in [2.05, 4.69) is 19.2 Å². The van der Waals surface area contributed by atoms with Gasteiger partial charge in [-0.25, -0.2) is 0 Å². The van der Waals surface area contributed by atoms with Gasteiger partial charge in [0.15, 0.2) is 0 Å². The Morgan fingerprint density at radius 2 is 1.85 bits per heavy atom. The van der Waals surface area contributed by atoms with Crippen LogP contribution in [0.1, 0.15) is 71.6 Å². The van der Waals surface area contributed by atoms with Gasteiger partial charge in [-0.15, -0.1) is 0 Å². The third kappa shape index (κ3) is 4.84. The number of hydrogen-bond acceptors (Lipinski definition) is 2. The third-order valence-electron chi connectivity index (χ3n) is 5.29. The molecule has 3 heteroatoms. The first kappa shape index (κ1) is 16.5. The van der Waals surface area contributed by atoms with Gasteiger partial charge in [-0.2, -0.15) is 0 Å². The molecule has 2 rings (SSSR count). The molecule has 1 N–H and O–H groups in total. The molecular weight excluding hydrogens is 266 g/mol. The van der Waals surface area contributed by atoms with Crippen LogP contribution < -0.4 is 5.32 Å². The molecule has 0 aromatic carbocycles. The van der Waals surface area contributed by atoms with Gasteiger partial charge in [0.2, 0.25) is 0 Å². The van der Waals surface area contributed by atoms with E-state index in [1.165, 1.54) is 57.8 Å². The van der Waals surface area contributed by atoms with E-state index in [9.17, 15) is 4.21 Å². The minimum atomic E-state index is -0.623. The summed E-state index contributed by atoms with van der Waals surface area (Å²) < 4.78 is 12.7. The molecule has 0 aliphatic heterocycles. The lowest BCUT2D eigenvalue weighted by atomic mass is 9.84. The SMILES string of the molecule is CCNC(CS(=O)C1CCCC(C)C1)C1CCCCC1. The van der Waals surface area contributed by atoms with Crippen molar-refractivity contribution >= 4 is 10.8 Å². The molecule has 0 heterocycles. The van der Waals surface area contributed by atoms with Crippen molar-refractivity contribution in [2.45, 2.75) is 82.9 Å². The van der Waals surface area contributed by atoms with E-state index in [4.69, 9.17) is 0 Å². The largest absolute Gasteiger partial charge is 0.313 e. The second-order valence-electron chi connectivity index (χ2n) is 7.00. The van der Waals surface area contributed by atoms with Crippen LogP contribution in [0.25, 0.3) is 0 Å². The maximum absolute atomic E-state index is 12.7. The van der Waals surface area contributed by atoms with Crippen LogP contribution in [0.2, 0.25) is 0 Å². The van der Waals surface area contributed by atoms with Crippen LogP contribution in [0, 0.1) is 11.8 Å². The molecule has 2 nitrogen and oxygen atoms in total. The number of rotatable bonds is 6. The molecule has 0 radical (unpaired) electrons. The molecule has 20 heavy (non-hydrogen) atoms. The molecule has 2 saturated carbocycles. The highest BCUT2D eigenvalue weighted by Gasteiger charge is 2.29. The molecule has 118 valence electrons. The van der Waals surface area contributed by atoms with Gasteiger partial charge >= 0.3 is 0 Å². The first-order valence-electron chi connectivity index (χ1n) is 8.81. The standard InChI is InChI=1S/C17H33NOS/c1-3-18-17(15-9-5-4-6-10-15)13-20(19)16-11-7-8-14(2)12-16/h14-18H,3-13H2,1-2H3. The summed E-state index contributed by atoms with van der Waals surface area (Å²) in [5.41, 5.74) is 0. The predicted octanol–water partition coefficient (Wildman–Crippen LogP) is 3.87. The Kier molecular flexibility index (Phi) is 7.03. The first-order chi connectivity index (χ1) is 9.70. The van der Waals surface area contributed by atoms with Crippen molar-refractivity contribution in [2.75, 3.05) is 12.3 Å². The maximum Gasteiger partial charge on any atom is 0.0394 e. The molecule has 0 aromatic heterocycles. The molecule has 4 atom stereocenters. The first-order valence-corrected chi connectivity index (χ1v) is 10.2. The van der Waals surface area contributed by atoms with Crippen molar-refractivity contribution in [1.29, 1.82) is 0 Å². The summed E-state index contributed by atoms with van der Waals surface area (Å²) in [5.74, 6) is 2.45. The second-order valence-corrected chi connectivity index (χ2v) is 8.76. The molecule has 4 unspecified atom stereocenters. The van der Waals surface area contributed by atoms with Gasteiger partial charge in [-0.05, 0) is 44.1 Å². The average Bonchev–Trinajstić information content (AvgIpc) is 2.47. The normalized spacial score (nSPS) is 31.9. The summed E-state index contributed by atoms with van der Waals surface area (Å²) in [6.07, 6.45) is 11.8. The van der Waals surface area contributed by atoms with Crippen LogP contribution in [0.15, 0.2) is 0 Å². The van der Waals surface area contributed by atoms with Gasteiger partial charge in [0.1, 0.15) is 0 Å². The molecule has 0 bridgehead atoms. The lowest BCUT2D eigenvalue weighted by molar-refractivity contribution is 0.286. The van der Waals surface area contributed by atoms with Crippen LogP contribution in [-0.4, -0.2) is 27.8 Å². The molecule has 2 fully saturated rings. The Balaban J connectivity index is 1.87. The predicted molar refractivity (Wildman–Crippen MR) is 88.5 cm³/mol. The van der Waals surface area contributed by atoms with Crippen LogP contribution in [-0.2, 0) is 10.8 Å². The Labute approximate surface area is 127 Å². The molecule has 0 amide bonds. The second kappa shape index (κ2) is 8.53. The van der Waals surface area contributed by atoms with Crippen LogP contribution in [0.5, 0.6) is 0 Å². The van der Waals surface area contributed by atoms with Gasteiger partial charge in [0, 0.05) is 27.8 Å². The summed E-state index contributed by atoms with van der Waals surface area (Å²) in [6, 6.07) is 0.498. The lowest BCUT2D eigenvalue weighted by Crippen LogP contribution is -2.43. The fourth-order valence-electron chi connectivity index (χ4n) is 4.09. The lowest BCUT2D eigenvalue weighted by Gasteiger charge is -2.33. The highest BCUT2D eigenvalue weighted by Crippen LogP contribution is 2.30. The maximum atomic E-state index is 12.7. The van der Waals surface area contributed by atoms with Gasteiger partial charge in [0.25, 0.3) is 0 Å². The smallest absolute Gasteiger partial charge is 0.0394 e. The van der Waals surface area contributed by atoms with E-state index in [0.717, 1.165) is 24.1 Å². The molecule has 2 aliphatic carbocycles. The van der Waals surface area contributed by atoms with E-state index >= 15 is 0 Å². The van der Waals surface area contributed by atoms with Gasteiger partial charge in [0.05, 0.1) is 0 Å². The van der Waals surface area contributed by atoms with E-state index in [0.29, 0.717) is 11.3 Å². The van der Waals surface area contributed by atoms with Crippen molar-refractivity contribution in [2.24, 2.45) is 11.8 Å². The van der Waals surface area contributed by atoms with Gasteiger partial charge < -0.3 is 5.32 Å². The van der Waals surface area contributed by atoms with E-state index < -0.39 is 10.8 Å². The average molecular weight is 300 g/mol. The van der Waals surface area contributed by atoms with Crippen molar-refractivity contribution in [3.05, 3.63) is 0 Å². The highest BCUT2D eigenvalue weighted by atomic mass is 32.2. The Hall–Kier alpha value is 0.110. The van der Waals surface area contributed by atoms with E-state index in [-0.39, 0.29) is 0 Å². The summed E-state index contributed by atoms with van der Waals surface area (Å²) in [6.45, 7) is 5.52. The molecule has 0 spiro atoms. The van der Waals surface area contributed by atoms with E-state index in [1.807, 2.05) is 0 Å². The molecular formula is C17H33NOS. The molecule has 0 saturated heterocycles. The zero-order valence-corrected chi connectivity index (χ0v) is 14.2. The number of nitrogens with one attached hydrogen (secondary N) is 1. The summed E-state index contributed by atoms with van der Waals surface area (Å²) >= 11 is 0. The minimum Gasteiger partial charge on any atom is -0.313 e. The summed E-state index contributed by atoms with van der Waals surface area (Å²) in [5, 5.41) is 4.12. The quantitative estimate of drug-likeness (QED) is 0.806. The van der Waals surface area contributed by atoms with Crippen LogP contribution in [0.4, 0.5) is 0 Å². The minimum absolute atomic E-state index is 0.475. The Bertz CT molecular complexity index is 301. The van der Waals surface area contributed by atoms with Crippen molar-refractivity contribution in [3.63, 3.8) is 0 Å². The summed E-state index contributed by atoms with van der Waals surface area (Å²) in [4.78, 5) is 0. The zero-order chi connectivity index (χ0) is 14.4. The molecule has 2 aliphatic rings. The van der Waals surface area contributed by atoms with Crippen molar-refractivity contribution < 1.29 is 4.21 Å². The van der Waals surface area contributed by atoms with Crippen LogP contribution >= 0.6 is 0 Å².